The molecule has 0 bridgehead atoms. The molecule has 0 spiro atoms. The van der Waals surface area contributed by atoms with Crippen molar-refractivity contribution in [1.29, 1.82) is 0 Å². The van der Waals surface area contributed by atoms with Gasteiger partial charge in [-0.2, -0.15) is 13.2 Å². The van der Waals surface area contributed by atoms with E-state index in [1.807, 2.05) is 17.5 Å². The molecule has 3 nitrogen and oxygen atoms in total. The van der Waals surface area contributed by atoms with Gasteiger partial charge in [0.15, 0.2) is 0 Å². The summed E-state index contributed by atoms with van der Waals surface area (Å²) in [5.41, 5.74) is -0.668. The molecule has 3 aromatic rings. The molecular formula is C20H15ClF4N2OS. The smallest absolute Gasteiger partial charge is 0.324 e. The Morgan fingerprint density at radius 2 is 1.83 bits per heavy atom. The minimum absolute atomic E-state index is 0.0810. The second-order valence-corrected chi connectivity index (χ2v) is 7.53. The SMILES string of the molecule is O=C(CNC(c1ccc(F)cc1)c1cccs1)Nc1ccc(Cl)cc1C(F)(F)F. The minimum Gasteiger partial charge on any atom is -0.324 e. The highest BCUT2D eigenvalue weighted by molar-refractivity contribution is 7.10. The number of alkyl halides is 3. The van der Waals surface area contributed by atoms with Gasteiger partial charge in [0.2, 0.25) is 5.91 Å². The molecule has 0 saturated heterocycles. The lowest BCUT2D eigenvalue weighted by molar-refractivity contribution is -0.137. The van der Waals surface area contributed by atoms with Gasteiger partial charge in [0, 0.05) is 9.90 Å². The number of benzene rings is 2. The molecule has 0 aliphatic heterocycles. The van der Waals surface area contributed by atoms with Crippen LogP contribution in [-0.2, 0) is 11.0 Å². The maximum Gasteiger partial charge on any atom is 0.418 e. The van der Waals surface area contributed by atoms with Crippen LogP contribution < -0.4 is 10.6 Å². The third-order valence-electron chi connectivity index (χ3n) is 4.06. The molecule has 1 heterocycles. The average Bonchev–Trinajstić information content (AvgIpc) is 3.18. The maximum atomic E-state index is 13.2. The van der Waals surface area contributed by atoms with Crippen molar-refractivity contribution in [2.24, 2.45) is 0 Å². The molecule has 3 rings (SSSR count). The van der Waals surface area contributed by atoms with Crippen molar-refractivity contribution in [2.45, 2.75) is 12.2 Å². The van der Waals surface area contributed by atoms with Crippen LogP contribution in [0.15, 0.2) is 60.0 Å². The van der Waals surface area contributed by atoms with E-state index in [4.69, 9.17) is 11.6 Å². The average molecular weight is 443 g/mol. The Balaban J connectivity index is 1.74. The third-order valence-corrected chi connectivity index (χ3v) is 5.23. The van der Waals surface area contributed by atoms with Crippen LogP contribution in [0, 0.1) is 5.82 Å². The highest BCUT2D eigenvalue weighted by Gasteiger charge is 2.34. The molecule has 0 aliphatic rings. The normalized spacial score (nSPS) is 12.6. The second-order valence-electron chi connectivity index (χ2n) is 6.12. The minimum atomic E-state index is -4.66. The molecule has 2 aromatic carbocycles. The first-order valence-electron chi connectivity index (χ1n) is 8.43. The summed E-state index contributed by atoms with van der Waals surface area (Å²) in [5, 5.41) is 7.06. The molecule has 0 saturated carbocycles. The van der Waals surface area contributed by atoms with Crippen molar-refractivity contribution in [3.8, 4) is 0 Å². The summed E-state index contributed by atoms with van der Waals surface area (Å²) in [6, 6.07) is 12.2. The molecule has 0 aliphatic carbocycles. The Kier molecular flexibility index (Phi) is 6.56. The Morgan fingerprint density at radius 3 is 2.45 bits per heavy atom. The van der Waals surface area contributed by atoms with E-state index < -0.39 is 23.7 Å². The van der Waals surface area contributed by atoms with Gasteiger partial charge in [-0.05, 0) is 47.3 Å². The Hall–Kier alpha value is -2.42. The molecular weight excluding hydrogens is 428 g/mol. The zero-order valence-corrected chi connectivity index (χ0v) is 16.3. The van der Waals surface area contributed by atoms with Crippen LogP contribution in [0.3, 0.4) is 0 Å². The fraction of sp³-hybridized carbons (Fsp3) is 0.150. The van der Waals surface area contributed by atoms with Gasteiger partial charge >= 0.3 is 6.18 Å². The zero-order valence-electron chi connectivity index (χ0n) is 14.8. The first-order chi connectivity index (χ1) is 13.7. The first-order valence-corrected chi connectivity index (χ1v) is 9.68. The van der Waals surface area contributed by atoms with E-state index in [0.717, 1.165) is 22.6 Å². The molecule has 1 aromatic heterocycles. The number of halogens is 5. The Labute approximate surface area is 173 Å². The quantitative estimate of drug-likeness (QED) is 0.468. The van der Waals surface area contributed by atoms with Crippen LogP contribution in [0.1, 0.15) is 22.0 Å². The zero-order chi connectivity index (χ0) is 21.0. The summed E-state index contributed by atoms with van der Waals surface area (Å²) < 4.78 is 52.8. The summed E-state index contributed by atoms with van der Waals surface area (Å²) >= 11 is 7.09. The number of carbonyl (C=O) groups excluding carboxylic acids is 1. The molecule has 9 heteroatoms. The van der Waals surface area contributed by atoms with Crippen LogP contribution in [0.25, 0.3) is 0 Å². The second kappa shape index (κ2) is 8.94. The number of hydrogen-bond acceptors (Lipinski definition) is 3. The van der Waals surface area contributed by atoms with Crippen LogP contribution >= 0.6 is 22.9 Å². The molecule has 29 heavy (non-hydrogen) atoms. The predicted molar refractivity (Wildman–Crippen MR) is 106 cm³/mol. The number of rotatable bonds is 6. The van der Waals surface area contributed by atoms with Crippen LogP contribution in [0.5, 0.6) is 0 Å². The summed E-state index contributed by atoms with van der Waals surface area (Å²) in [7, 11) is 0. The maximum absolute atomic E-state index is 13.2. The van der Waals surface area contributed by atoms with E-state index in [2.05, 4.69) is 10.6 Å². The molecule has 1 amide bonds. The van der Waals surface area contributed by atoms with E-state index in [1.165, 1.54) is 29.5 Å². The van der Waals surface area contributed by atoms with Crippen LogP contribution in [-0.4, -0.2) is 12.5 Å². The number of nitrogens with one attached hydrogen (secondary N) is 2. The van der Waals surface area contributed by atoms with Gasteiger partial charge in [0.1, 0.15) is 5.82 Å². The lowest BCUT2D eigenvalue weighted by Gasteiger charge is -2.19. The molecule has 0 fully saturated rings. The molecule has 152 valence electrons. The van der Waals surface area contributed by atoms with Gasteiger partial charge in [-0.15, -0.1) is 11.3 Å². The third kappa shape index (κ3) is 5.56. The lowest BCUT2D eigenvalue weighted by Crippen LogP contribution is -2.32. The van der Waals surface area contributed by atoms with Crippen LogP contribution in [0.4, 0.5) is 23.2 Å². The summed E-state index contributed by atoms with van der Waals surface area (Å²) in [6.45, 7) is -0.250. The van der Waals surface area contributed by atoms with Gasteiger partial charge in [0.25, 0.3) is 0 Å². The highest BCUT2D eigenvalue weighted by Crippen LogP contribution is 2.36. The van der Waals surface area contributed by atoms with Crippen molar-refractivity contribution in [3.63, 3.8) is 0 Å². The molecule has 2 N–H and O–H groups in total. The van der Waals surface area contributed by atoms with Crippen molar-refractivity contribution in [3.05, 3.63) is 86.8 Å². The predicted octanol–water partition coefficient (Wildman–Crippen LogP) is 5.88. The number of hydrogen-bond donors (Lipinski definition) is 2. The van der Waals surface area contributed by atoms with Crippen molar-refractivity contribution in [2.75, 3.05) is 11.9 Å². The molecule has 0 radical (unpaired) electrons. The van der Waals surface area contributed by atoms with Gasteiger partial charge in [-0.3, -0.25) is 10.1 Å². The van der Waals surface area contributed by atoms with E-state index in [-0.39, 0.29) is 23.1 Å². The van der Waals surface area contributed by atoms with Crippen molar-refractivity contribution in [1.82, 2.24) is 5.32 Å². The fourth-order valence-electron chi connectivity index (χ4n) is 2.74. The van der Waals surface area contributed by atoms with Crippen LogP contribution in [0.2, 0.25) is 5.02 Å². The summed E-state index contributed by atoms with van der Waals surface area (Å²) in [5.74, 6) is -1.04. The Bertz CT molecular complexity index is 975. The molecule has 1 atom stereocenters. The van der Waals surface area contributed by atoms with Gasteiger partial charge in [-0.1, -0.05) is 29.8 Å². The summed E-state index contributed by atoms with van der Waals surface area (Å²) in [6.07, 6.45) is -4.66. The van der Waals surface area contributed by atoms with E-state index in [0.29, 0.717) is 0 Å². The van der Waals surface area contributed by atoms with Gasteiger partial charge in [0.05, 0.1) is 23.8 Å². The number of amides is 1. The topological polar surface area (TPSA) is 41.1 Å². The van der Waals surface area contributed by atoms with Gasteiger partial charge in [-0.25, -0.2) is 4.39 Å². The summed E-state index contributed by atoms with van der Waals surface area (Å²) in [4.78, 5) is 13.2. The van der Waals surface area contributed by atoms with E-state index in [9.17, 15) is 22.4 Å². The number of anilines is 1. The highest BCUT2D eigenvalue weighted by atomic mass is 35.5. The van der Waals surface area contributed by atoms with E-state index in [1.54, 1.807) is 12.1 Å². The fourth-order valence-corrected chi connectivity index (χ4v) is 3.74. The molecule has 1 unspecified atom stereocenters. The lowest BCUT2D eigenvalue weighted by atomic mass is 10.1. The van der Waals surface area contributed by atoms with E-state index >= 15 is 0 Å². The Morgan fingerprint density at radius 1 is 1.10 bits per heavy atom. The number of thiophene rings is 1. The van der Waals surface area contributed by atoms with Crippen molar-refractivity contribution < 1.29 is 22.4 Å². The number of carbonyl (C=O) groups is 1. The van der Waals surface area contributed by atoms with Gasteiger partial charge < -0.3 is 5.32 Å². The van der Waals surface area contributed by atoms with Crippen molar-refractivity contribution >= 4 is 34.5 Å². The standard InChI is InChI=1S/C20H15ClF4N2OS/c21-13-5-8-16(15(10-13)20(23,24)25)27-18(28)11-26-19(17-2-1-9-29-17)12-3-6-14(22)7-4-12/h1-10,19,26H,11H2,(H,27,28). The monoisotopic (exact) mass is 442 g/mol. The first kappa shape index (κ1) is 21.3. The largest absolute Gasteiger partial charge is 0.418 e.